The highest BCUT2D eigenvalue weighted by Gasteiger charge is 2.17. The molecule has 2 rings (SSSR count). The molecule has 0 radical (unpaired) electrons. The van der Waals surface area contributed by atoms with Crippen LogP contribution in [0, 0.1) is 6.92 Å². The van der Waals surface area contributed by atoms with Crippen molar-refractivity contribution in [1.82, 2.24) is 0 Å². The number of esters is 1. The average Bonchev–Trinajstić information content (AvgIpc) is 2.99. The molecule has 0 saturated heterocycles. The Morgan fingerprint density at radius 1 is 1.23 bits per heavy atom. The number of hydrogen-bond acceptors (Lipinski definition) is 6. The van der Waals surface area contributed by atoms with Gasteiger partial charge in [-0.3, -0.25) is 4.79 Å². The van der Waals surface area contributed by atoms with Crippen molar-refractivity contribution < 1.29 is 23.8 Å². The molecule has 1 aromatic heterocycles. The standard InChI is InChI=1S/C19H21NO5S/c1-4-24-19(22)16-11-13(2)26-18(16)20-17(21)10-7-14-5-8-15(9-6-14)25-12-23-3/h5-11H,4,12H2,1-3H3,(H,20,21)/b10-7+. The Morgan fingerprint density at radius 3 is 2.62 bits per heavy atom. The van der Waals surface area contributed by atoms with E-state index in [4.69, 9.17) is 14.2 Å². The minimum atomic E-state index is -0.442. The van der Waals surface area contributed by atoms with Gasteiger partial charge in [-0.05, 0) is 43.7 Å². The van der Waals surface area contributed by atoms with Gasteiger partial charge in [-0.15, -0.1) is 11.3 Å². The molecule has 0 unspecified atom stereocenters. The van der Waals surface area contributed by atoms with Gasteiger partial charge in [0.2, 0.25) is 5.91 Å². The molecular formula is C19H21NO5S. The molecule has 0 atom stereocenters. The van der Waals surface area contributed by atoms with Crippen LogP contribution in [0.25, 0.3) is 6.08 Å². The summed E-state index contributed by atoms with van der Waals surface area (Å²) in [6, 6.07) is 8.94. The molecule has 1 N–H and O–H groups in total. The van der Waals surface area contributed by atoms with E-state index in [0.717, 1.165) is 10.4 Å². The molecule has 0 aliphatic rings. The predicted molar refractivity (Wildman–Crippen MR) is 102 cm³/mol. The van der Waals surface area contributed by atoms with Crippen LogP contribution < -0.4 is 10.1 Å². The van der Waals surface area contributed by atoms with Crippen molar-refractivity contribution in [2.45, 2.75) is 13.8 Å². The Bertz CT molecular complexity index is 780. The Balaban J connectivity index is 2.00. The fourth-order valence-electron chi connectivity index (χ4n) is 2.10. The second kappa shape index (κ2) is 9.74. The van der Waals surface area contributed by atoms with Crippen LogP contribution in [0.1, 0.15) is 27.7 Å². The minimum absolute atomic E-state index is 0.181. The van der Waals surface area contributed by atoms with E-state index in [2.05, 4.69) is 5.32 Å². The van der Waals surface area contributed by atoms with Gasteiger partial charge in [0.1, 0.15) is 10.8 Å². The van der Waals surface area contributed by atoms with Crippen molar-refractivity contribution in [3.05, 3.63) is 52.4 Å². The van der Waals surface area contributed by atoms with Gasteiger partial charge in [0, 0.05) is 18.1 Å². The molecule has 138 valence electrons. The number of thiophene rings is 1. The van der Waals surface area contributed by atoms with Crippen LogP contribution in [0.3, 0.4) is 0 Å². The zero-order valence-corrected chi connectivity index (χ0v) is 15.7. The summed E-state index contributed by atoms with van der Waals surface area (Å²) in [5.41, 5.74) is 1.22. The third kappa shape index (κ3) is 5.72. The number of carbonyl (C=O) groups excluding carboxylic acids is 2. The summed E-state index contributed by atoms with van der Waals surface area (Å²) in [5.74, 6) is -0.0820. The van der Waals surface area contributed by atoms with Crippen LogP contribution in [0.2, 0.25) is 0 Å². The van der Waals surface area contributed by atoms with Crippen molar-refractivity contribution in [2.24, 2.45) is 0 Å². The molecule has 2 aromatic rings. The van der Waals surface area contributed by atoms with E-state index in [1.54, 1.807) is 38.3 Å². The van der Waals surface area contributed by atoms with Crippen molar-refractivity contribution in [3.63, 3.8) is 0 Å². The first-order valence-electron chi connectivity index (χ1n) is 8.02. The van der Waals surface area contributed by atoms with E-state index in [-0.39, 0.29) is 19.3 Å². The van der Waals surface area contributed by atoms with Gasteiger partial charge in [0.25, 0.3) is 0 Å². The van der Waals surface area contributed by atoms with Crippen molar-refractivity contribution >= 4 is 34.3 Å². The fourth-order valence-corrected chi connectivity index (χ4v) is 3.00. The van der Waals surface area contributed by atoms with Crippen molar-refractivity contribution in [3.8, 4) is 5.75 Å². The monoisotopic (exact) mass is 375 g/mol. The number of ether oxygens (including phenoxy) is 3. The number of rotatable bonds is 8. The molecule has 0 bridgehead atoms. The summed E-state index contributed by atoms with van der Waals surface area (Å²) in [6.45, 7) is 4.07. The van der Waals surface area contributed by atoms with Gasteiger partial charge < -0.3 is 19.5 Å². The number of nitrogens with one attached hydrogen (secondary N) is 1. The molecule has 1 amide bonds. The molecule has 1 aromatic carbocycles. The van der Waals surface area contributed by atoms with E-state index in [1.807, 2.05) is 19.1 Å². The topological polar surface area (TPSA) is 73.9 Å². The molecule has 1 heterocycles. The van der Waals surface area contributed by atoms with E-state index >= 15 is 0 Å². The van der Waals surface area contributed by atoms with E-state index < -0.39 is 5.97 Å². The molecule has 0 spiro atoms. The average molecular weight is 375 g/mol. The van der Waals surface area contributed by atoms with E-state index in [9.17, 15) is 9.59 Å². The minimum Gasteiger partial charge on any atom is -0.468 e. The number of anilines is 1. The molecule has 0 fully saturated rings. The van der Waals surface area contributed by atoms with E-state index in [1.165, 1.54) is 17.4 Å². The smallest absolute Gasteiger partial charge is 0.341 e. The second-order valence-electron chi connectivity index (χ2n) is 5.26. The lowest BCUT2D eigenvalue weighted by Crippen LogP contribution is -2.11. The van der Waals surface area contributed by atoms with Crippen LogP contribution in [0.4, 0.5) is 5.00 Å². The first-order valence-corrected chi connectivity index (χ1v) is 8.83. The number of aryl methyl sites for hydroxylation is 1. The van der Waals surface area contributed by atoms with Crippen LogP contribution in [-0.4, -0.2) is 32.4 Å². The highest BCUT2D eigenvalue weighted by Crippen LogP contribution is 2.28. The fraction of sp³-hybridized carbons (Fsp3) is 0.263. The lowest BCUT2D eigenvalue weighted by Gasteiger charge is -2.05. The van der Waals surface area contributed by atoms with Crippen LogP contribution in [0.5, 0.6) is 5.75 Å². The molecule has 0 saturated carbocycles. The number of hydrogen-bond donors (Lipinski definition) is 1. The zero-order valence-electron chi connectivity index (χ0n) is 14.9. The Morgan fingerprint density at radius 2 is 1.96 bits per heavy atom. The first-order chi connectivity index (χ1) is 12.5. The Labute approximate surface area is 156 Å². The van der Waals surface area contributed by atoms with Gasteiger partial charge >= 0.3 is 5.97 Å². The third-order valence-corrected chi connectivity index (χ3v) is 4.20. The normalized spacial score (nSPS) is 10.7. The van der Waals surface area contributed by atoms with Crippen LogP contribution in [0.15, 0.2) is 36.4 Å². The third-order valence-electron chi connectivity index (χ3n) is 3.24. The number of methoxy groups -OCH3 is 1. The highest BCUT2D eigenvalue weighted by atomic mass is 32.1. The molecule has 0 aliphatic heterocycles. The lowest BCUT2D eigenvalue weighted by atomic mass is 10.2. The Hall–Kier alpha value is -2.64. The number of amides is 1. The maximum atomic E-state index is 12.2. The molecule has 7 heteroatoms. The van der Waals surface area contributed by atoms with Crippen molar-refractivity contribution in [1.29, 1.82) is 0 Å². The highest BCUT2D eigenvalue weighted by molar-refractivity contribution is 7.16. The summed E-state index contributed by atoms with van der Waals surface area (Å²) < 4.78 is 15.1. The number of carbonyl (C=O) groups is 2. The summed E-state index contributed by atoms with van der Waals surface area (Å²) in [7, 11) is 1.55. The zero-order chi connectivity index (χ0) is 18.9. The van der Waals surface area contributed by atoms with Gasteiger partial charge in [0.05, 0.1) is 12.2 Å². The van der Waals surface area contributed by atoms with Gasteiger partial charge in [-0.1, -0.05) is 12.1 Å². The summed E-state index contributed by atoms with van der Waals surface area (Å²) in [6.07, 6.45) is 3.09. The van der Waals surface area contributed by atoms with Gasteiger partial charge in [-0.25, -0.2) is 4.79 Å². The van der Waals surface area contributed by atoms with Crippen LogP contribution >= 0.6 is 11.3 Å². The summed E-state index contributed by atoms with van der Waals surface area (Å²) in [4.78, 5) is 25.0. The van der Waals surface area contributed by atoms with E-state index in [0.29, 0.717) is 16.3 Å². The van der Waals surface area contributed by atoms with Gasteiger partial charge in [0.15, 0.2) is 6.79 Å². The quantitative estimate of drug-likeness (QED) is 0.431. The molecule has 6 nitrogen and oxygen atoms in total. The summed E-state index contributed by atoms with van der Waals surface area (Å²) in [5, 5.41) is 3.22. The van der Waals surface area contributed by atoms with Crippen molar-refractivity contribution in [2.75, 3.05) is 25.8 Å². The maximum Gasteiger partial charge on any atom is 0.341 e. The maximum absolute atomic E-state index is 12.2. The largest absolute Gasteiger partial charge is 0.468 e. The lowest BCUT2D eigenvalue weighted by molar-refractivity contribution is -0.111. The predicted octanol–water partition coefficient (Wildman–Crippen LogP) is 3.87. The molecule has 26 heavy (non-hydrogen) atoms. The summed E-state index contributed by atoms with van der Waals surface area (Å²) >= 11 is 1.33. The first kappa shape index (κ1) is 19.7. The van der Waals surface area contributed by atoms with Gasteiger partial charge in [-0.2, -0.15) is 0 Å². The Kier molecular flexibility index (Phi) is 7.37. The van der Waals surface area contributed by atoms with Crippen LogP contribution in [-0.2, 0) is 14.3 Å². The SMILES string of the molecule is CCOC(=O)c1cc(C)sc1NC(=O)/C=C/c1ccc(OCOC)cc1. The molecular weight excluding hydrogens is 354 g/mol. The molecule has 0 aliphatic carbocycles. The number of benzene rings is 1. The second-order valence-corrected chi connectivity index (χ2v) is 6.52.